The molecular formula is C30H30N4O4. The van der Waals surface area contributed by atoms with E-state index >= 15 is 0 Å². The molecule has 0 bridgehead atoms. The Hall–Kier alpha value is -4.43. The molecule has 0 radical (unpaired) electrons. The quantitative estimate of drug-likeness (QED) is 0.349. The fourth-order valence-corrected chi connectivity index (χ4v) is 4.51. The number of amides is 2. The number of imidazole rings is 1. The average Bonchev–Trinajstić information content (AvgIpc) is 3.63. The summed E-state index contributed by atoms with van der Waals surface area (Å²) in [6.45, 7) is 0.867. The number of methoxy groups -OCH3 is 1. The van der Waals surface area contributed by atoms with Crippen molar-refractivity contribution >= 4 is 17.8 Å². The third-order valence-corrected chi connectivity index (χ3v) is 6.47. The van der Waals surface area contributed by atoms with Gasteiger partial charge in [0.25, 0.3) is 5.91 Å². The highest BCUT2D eigenvalue weighted by Crippen LogP contribution is 2.24. The Morgan fingerprint density at radius 2 is 1.74 bits per heavy atom. The molecule has 3 aromatic carbocycles. The minimum Gasteiger partial charge on any atom is -0.497 e. The van der Waals surface area contributed by atoms with Crippen LogP contribution < -0.4 is 10.1 Å². The monoisotopic (exact) mass is 510 g/mol. The van der Waals surface area contributed by atoms with Gasteiger partial charge in [0.15, 0.2) is 0 Å². The van der Waals surface area contributed by atoms with Gasteiger partial charge in [0.2, 0.25) is 11.9 Å². The summed E-state index contributed by atoms with van der Waals surface area (Å²) >= 11 is 0. The number of nitrogens with one attached hydrogen (secondary N) is 1. The van der Waals surface area contributed by atoms with E-state index in [1.54, 1.807) is 36.3 Å². The number of aromatic nitrogens is 2. The number of carbonyl (C=O) groups is 2. The third-order valence-electron chi connectivity index (χ3n) is 6.47. The van der Waals surface area contributed by atoms with Crippen LogP contribution in [0.4, 0.5) is 5.95 Å². The number of benzene rings is 3. The molecule has 1 atom stereocenters. The zero-order valence-electron chi connectivity index (χ0n) is 21.2. The maximum atomic E-state index is 13.4. The van der Waals surface area contributed by atoms with Crippen LogP contribution in [0.15, 0.2) is 91.1 Å². The molecule has 0 aliphatic carbocycles. The van der Waals surface area contributed by atoms with Gasteiger partial charge in [0.05, 0.1) is 18.9 Å². The second-order valence-corrected chi connectivity index (χ2v) is 9.12. The highest BCUT2D eigenvalue weighted by atomic mass is 16.5. The van der Waals surface area contributed by atoms with E-state index in [4.69, 9.17) is 14.5 Å². The molecule has 1 aliphatic heterocycles. The number of anilines is 1. The van der Waals surface area contributed by atoms with Crippen molar-refractivity contribution in [2.75, 3.05) is 32.1 Å². The van der Waals surface area contributed by atoms with E-state index in [9.17, 15) is 9.59 Å². The molecule has 1 saturated heterocycles. The zero-order valence-corrected chi connectivity index (χ0v) is 21.2. The van der Waals surface area contributed by atoms with Gasteiger partial charge in [-0.15, -0.1) is 0 Å². The summed E-state index contributed by atoms with van der Waals surface area (Å²) in [7, 11) is 1.58. The lowest BCUT2D eigenvalue weighted by Gasteiger charge is -2.25. The number of ether oxygens (including phenoxy) is 2. The first-order valence-electron chi connectivity index (χ1n) is 12.7. The van der Waals surface area contributed by atoms with Crippen LogP contribution in [0.25, 0.3) is 16.9 Å². The van der Waals surface area contributed by atoms with Crippen molar-refractivity contribution in [2.45, 2.75) is 18.9 Å². The van der Waals surface area contributed by atoms with Gasteiger partial charge in [-0.2, -0.15) is 0 Å². The van der Waals surface area contributed by atoms with Crippen molar-refractivity contribution in [1.82, 2.24) is 14.5 Å². The molecule has 4 aromatic rings. The predicted octanol–water partition coefficient (Wildman–Crippen LogP) is 4.81. The lowest BCUT2D eigenvalue weighted by molar-refractivity contribution is -0.117. The van der Waals surface area contributed by atoms with Crippen LogP contribution in [0.3, 0.4) is 0 Å². The van der Waals surface area contributed by atoms with Gasteiger partial charge in [-0.1, -0.05) is 48.5 Å². The summed E-state index contributed by atoms with van der Waals surface area (Å²) in [4.78, 5) is 33.0. The molecule has 1 aliphatic rings. The molecule has 5 rings (SSSR count). The smallest absolute Gasteiger partial charge is 0.254 e. The largest absolute Gasteiger partial charge is 0.497 e. The Morgan fingerprint density at radius 1 is 1.03 bits per heavy atom. The number of hydrogen-bond donors (Lipinski definition) is 1. The van der Waals surface area contributed by atoms with E-state index in [0.717, 1.165) is 29.8 Å². The second-order valence-electron chi connectivity index (χ2n) is 9.12. The van der Waals surface area contributed by atoms with Gasteiger partial charge in [0, 0.05) is 36.2 Å². The summed E-state index contributed by atoms with van der Waals surface area (Å²) in [5, 5.41) is 2.94. The SMILES string of the molecule is COc1ccc(C(=O)N(CC(=O)Nc2nc(-c3ccccc3)cn2-c2ccccc2)CC2CCCO2)cc1. The van der Waals surface area contributed by atoms with Crippen molar-refractivity contribution < 1.29 is 19.1 Å². The maximum absolute atomic E-state index is 13.4. The van der Waals surface area contributed by atoms with Gasteiger partial charge in [0.1, 0.15) is 12.3 Å². The molecule has 0 saturated carbocycles. The van der Waals surface area contributed by atoms with Crippen molar-refractivity contribution in [3.05, 3.63) is 96.7 Å². The summed E-state index contributed by atoms with van der Waals surface area (Å²) < 4.78 is 12.8. The van der Waals surface area contributed by atoms with Crippen molar-refractivity contribution in [3.63, 3.8) is 0 Å². The molecule has 2 heterocycles. The highest BCUT2D eigenvalue weighted by molar-refractivity contribution is 5.99. The number of nitrogens with zero attached hydrogens (tertiary/aromatic N) is 3. The lowest BCUT2D eigenvalue weighted by atomic mass is 10.1. The van der Waals surface area contributed by atoms with Crippen LogP contribution in [-0.4, -0.2) is 59.2 Å². The first kappa shape index (κ1) is 25.2. The Balaban J connectivity index is 1.39. The summed E-state index contributed by atoms with van der Waals surface area (Å²) in [5.74, 6) is 0.461. The van der Waals surface area contributed by atoms with E-state index in [0.29, 0.717) is 30.4 Å². The van der Waals surface area contributed by atoms with Crippen molar-refractivity contribution in [2.24, 2.45) is 0 Å². The summed E-state index contributed by atoms with van der Waals surface area (Å²) in [6, 6.07) is 26.4. The topological polar surface area (TPSA) is 85.7 Å². The molecule has 38 heavy (non-hydrogen) atoms. The summed E-state index contributed by atoms with van der Waals surface area (Å²) in [6.07, 6.45) is 3.60. The molecular weight excluding hydrogens is 480 g/mol. The Labute approximate surface area is 221 Å². The van der Waals surface area contributed by atoms with Crippen LogP contribution in [-0.2, 0) is 9.53 Å². The molecule has 1 unspecified atom stereocenters. The molecule has 1 N–H and O–H groups in total. The molecule has 194 valence electrons. The zero-order chi connectivity index (χ0) is 26.3. The summed E-state index contributed by atoms with van der Waals surface area (Å²) in [5.41, 5.74) is 3.01. The van der Waals surface area contributed by atoms with E-state index < -0.39 is 0 Å². The van der Waals surface area contributed by atoms with E-state index in [1.807, 2.05) is 71.4 Å². The number of rotatable bonds is 9. The Bertz CT molecular complexity index is 1360. The van der Waals surface area contributed by atoms with Gasteiger partial charge >= 0.3 is 0 Å². The third kappa shape index (κ3) is 5.92. The normalized spacial score (nSPS) is 14.7. The van der Waals surface area contributed by atoms with Crippen LogP contribution in [0.5, 0.6) is 5.75 Å². The molecule has 1 fully saturated rings. The van der Waals surface area contributed by atoms with Crippen LogP contribution >= 0.6 is 0 Å². The first-order chi connectivity index (χ1) is 18.6. The molecule has 1 aromatic heterocycles. The number of para-hydroxylation sites is 1. The maximum Gasteiger partial charge on any atom is 0.254 e. The Morgan fingerprint density at radius 3 is 2.39 bits per heavy atom. The van der Waals surface area contributed by atoms with E-state index in [2.05, 4.69) is 5.32 Å². The van der Waals surface area contributed by atoms with Gasteiger partial charge in [-0.05, 0) is 49.2 Å². The van der Waals surface area contributed by atoms with Crippen LogP contribution in [0.1, 0.15) is 23.2 Å². The van der Waals surface area contributed by atoms with Gasteiger partial charge in [-0.3, -0.25) is 19.5 Å². The average molecular weight is 511 g/mol. The van der Waals surface area contributed by atoms with Crippen molar-refractivity contribution in [1.29, 1.82) is 0 Å². The molecule has 8 heteroatoms. The number of hydrogen-bond acceptors (Lipinski definition) is 5. The fraction of sp³-hybridized carbons (Fsp3) is 0.233. The minimum atomic E-state index is -0.341. The van der Waals surface area contributed by atoms with Gasteiger partial charge in [-0.25, -0.2) is 4.98 Å². The van der Waals surface area contributed by atoms with Gasteiger partial charge < -0.3 is 14.4 Å². The van der Waals surface area contributed by atoms with E-state index in [-0.39, 0.29) is 24.5 Å². The van der Waals surface area contributed by atoms with Crippen molar-refractivity contribution in [3.8, 4) is 22.7 Å². The second kappa shape index (κ2) is 11.7. The van der Waals surface area contributed by atoms with Crippen LogP contribution in [0.2, 0.25) is 0 Å². The van der Waals surface area contributed by atoms with Crippen LogP contribution in [0, 0.1) is 0 Å². The highest BCUT2D eigenvalue weighted by Gasteiger charge is 2.26. The molecule has 8 nitrogen and oxygen atoms in total. The molecule has 2 amide bonds. The first-order valence-corrected chi connectivity index (χ1v) is 12.7. The fourth-order valence-electron chi connectivity index (χ4n) is 4.51. The standard InChI is InChI=1S/C30H30N4O4/c1-37-25-16-14-23(15-17-25)29(36)33(19-26-13-8-18-38-26)21-28(35)32-30-31-27(22-9-4-2-5-10-22)20-34(30)24-11-6-3-7-12-24/h2-7,9-12,14-17,20,26H,8,13,18-19,21H2,1H3,(H,31,32,35). The molecule has 0 spiro atoms. The predicted molar refractivity (Wildman–Crippen MR) is 146 cm³/mol. The lowest BCUT2D eigenvalue weighted by Crippen LogP contribution is -2.42. The Kier molecular flexibility index (Phi) is 7.80. The minimum absolute atomic E-state index is 0.0963. The van der Waals surface area contributed by atoms with E-state index in [1.165, 1.54) is 0 Å². The number of carbonyl (C=O) groups excluding carboxylic acids is 2.